The first kappa shape index (κ1) is 51.5. The van der Waals surface area contributed by atoms with Gasteiger partial charge >= 0.3 is 12.4 Å². The van der Waals surface area contributed by atoms with Crippen LogP contribution in [-0.4, -0.2) is 74.1 Å². The fourth-order valence-corrected chi connectivity index (χ4v) is 5.14. The highest BCUT2D eigenvalue weighted by atomic mass is 19.4. The summed E-state index contributed by atoms with van der Waals surface area (Å²) in [6, 6.07) is 8.26. The van der Waals surface area contributed by atoms with Gasteiger partial charge in [-0.15, -0.1) is 0 Å². The Balaban J connectivity index is 0.000000257. The highest BCUT2D eigenvalue weighted by Gasteiger charge is 2.33. The Hall–Kier alpha value is -7.09. The first-order valence-corrected chi connectivity index (χ1v) is 19.3. The average molecular weight is 937 g/mol. The third-order valence-corrected chi connectivity index (χ3v) is 7.79. The molecule has 0 spiro atoms. The van der Waals surface area contributed by atoms with Crippen LogP contribution >= 0.6 is 0 Å². The number of hydrogen-bond donors (Lipinski definition) is 6. The summed E-state index contributed by atoms with van der Waals surface area (Å²) in [6.45, 7) is 13.0. The molecule has 9 N–H and O–H groups in total. The molecule has 0 radical (unpaired) electrons. The predicted octanol–water partition coefficient (Wildman–Crippen LogP) is 9.56. The monoisotopic (exact) mass is 936 g/mol. The van der Waals surface area contributed by atoms with Gasteiger partial charge in [-0.1, -0.05) is 0 Å². The molecule has 17 nitrogen and oxygen atoms in total. The zero-order chi connectivity index (χ0) is 47.7. The Morgan fingerprint density at radius 3 is 1.33 bits per heavy atom. The molecule has 7 rings (SSSR count). The van der Waals surface area contributed by atoms with Crippen LogP contribution in [0.15, 0.2) is 60.9 Å². The average Bonchev–Trinajstić information content (AvgIpc) is 3.79. The Labute approximate surface area is 371 Å². The molecule has 7 heterocycles. The standard InChI is InChI=1S/C18H16F5N7.C18H18F4N8.C4H8O.H3N/c1-17(2,3)30-16-28-14(13-10(19)4-5-12(20)26-13)27-15(29-16)25-9-6-7-24-11(8-9)18(21,22)23;1-17(2,3)30-16-28-14(13-10(19)4-5-12(23)26-13)27-15(29-16)25-9-6-7-24-11(8-9)18(20,21)22;1-2-4-5-3-1;/h4-8H,1-3H3,(H2,24,25,27,28,29,30);4-8H,1-3H3,(H2,23,26)(H2,24,25,27,28,29,30);1-4H2;1H3. The summed E-state index contributed by atoms with van der Waals surface area (Å²) in [5.41, 5.74) is 1.80. The molecular weight excluding hydrogens is 892 g/mol. The van der Waals surface area contributed by atoms with Gasteiger partial charge in [-0.3, -0.25) is 9.97 Å². The van der Waals surface area contributed by atoms with E-state index in [1.54, 1.807) is 0 Å². The number of halogens is 9. The van der Waals surface area contributed by atoms with Crippen molar-refractivity contribution in [2.24, 2.45) is 0 Å². The summed E-state index contributed by atoms with van der Waals surface area (Å²) >= 11 is 0. The Morgan fingerprint density at radius 2 is 0.939 bits per heavy atom. The minimum Gasteiger partial charge on any atom is -0.384 e. The molecule has 0 saturated carbocycles. The van der Waals surface area contributed by atoms with E-state index >= 15 is 0 Å². The first-order chi connectivity index (χ1) is 30.3. The molecule has 1 aliphatic heterocycles. The molecule has 0 atom stereocenters. The number of ether oxygens (including phenoxy) is 1. The van der Waals surface area contributed by atoms with E-state index in [0.717, 1.165) is 55.9 Å². The van der Waals surface area contributed by atoms with Gasteiger partial charge in [0.05, 0.1) is 0 Å². The van der Waals surface area contributed by atoms with E-state index in [9.17, 15) is 39.5 Å². The van der Waals surface area contributed by atoms with Gasteiger partial charge in [0, 0.05) is 48.1 Å². The van der Waals surface area contributed by atoms with Crippen molar-refractivity contribution in [1.29, 1.82) is 0 Å². The van der Waals surface area contributed by atoms with E-state index < -0.39 is 58.1 Å². The third-order valence-electron chi connectivity index (χ3n) is 7.79. The van der Waals surface area contributed by atoms with Crippen LogP contribution < -0.4 is 33.2 Å². The number of nitrogens with one attached hydrogen (secondary N) is 4. The van der Waals surface area contributed by atoms with E-state index in [0.29, 0.717) is 0 Å². The van der Waals surface area contributed by atoms with Crippen molar-refractivity contribution < 1.29 is 44.3 Å². The summed E-state index contributed by atoms with van der Waals surface area (Å²) in [6.07, 6.45) is -4.74. The second-order valence-electron chi connectivity index (χ2n) is 15.8. The molecule has 26 heteroatoms. The normalized spacial score (nSPS) is 12.7. The highest BCUT2D eigenvalue weighted by Crippen LogP contribution is 2.32. The number of rotatable bonds is 8. The molecule has 66 heavy (non-hydrogen) atoms. The minimum absolute atomic E-state index is 0. The lowest BCUT2D eigenvalue weighted by atomic mass is 10.1. The van der Waals surface area contributed by atoms with Crippen LogP contribution in [0.2, 0.25) is 0 Å². The van der Waals surface area contributed by atoms with E-state index in [1.165, 1.54) is 31.0 Å². The molecule has 1 fully saturated rings. The summed E-state index contributed by atoms with van der Waals surface area (Å²) in [5, 5.41) is 11.2. The molecule has 1 aliphatic rings. The number of aromatic nitrogens is 10. The second kappa shape index (κ2) is 21.3. The topological polar surface area (TPSA) is 247 Å². The molecule has 1 saturated heterocycles. The zero-order valence-electron chi connectivity index (χ0n) is 36.2. The number of anilines is 7. The smallest absolute Gasteiger partial charge is 0.384 e. The van der Waals surface area contributed by atoms with Crippen LogP contribution in [0.5, 0.6) is 0 Å². The molecule has 0 bridgehead atoms. The molecule has 0 aliphatic carbocycles. The van der Waals surface area contributed by atoms with Gasteiger partial charge in [-0.25, -0.2) is 18.7 Å². The molecule has 0 amide bonds. The van der Waals surface area contributed by atoms with E-state index in [2.05, 4.69) is 71.1 Å². The van der Waals surface area contributed by atoms with Gasteiger partial charge in [0.15, 0.2) is 23.3 Å². The molecule has 0 aromatic carbocycles. The van der Waals surface area contributed by atoms with Crippen molar-refractivity contribution in [2.75, 3.05) is 40.2 Å². The van der Waals surface area contributed by atoms with Crippen molar-refractivity contribution in [2.45, 2.75) is 77.8 Å². The van der Waals surface area contributed by atoms with Gasteiger partial charge in [0.1, 0.15) is 28.6 Å². The van der Waals surface area contributed by atoms with Crippen molar-refractivity contribution in [3.63, 3.8) is 0 Å². The maximum absolute atomic E-state index is 14.3. The van der Waals surface area contributed by atoms with Gasteiger partial charge in [0.25, 0.3) is 0 Å². The van der Waals surface area contributed by atoms with Crippen molar-refractivity contribution in [1.82, 2.24) is 56.0 Å². The first-order valence-electron chi connectivity index (χ1n) is 19.3. The Bertz CT molecular complexity index is 2390. The largest absolute Gasteiger partial charge is 0.433 e. The number of alkyl halides is 6. The van der Waals surface area contributed by atoms with Crippen LogP contribution in [0.3, 0.4) is 0 Å². The molecule has 6 aromatic heterocycles. The number of pyridine rings is 4. The Kier molecular flexibility index (Phi) is 16.6. The summed E-state index contributed by atoms with van der Waals surface area (Å²) < 4.78 is 124. The van der Waals surface area contributed by atoms with Crippen LogP contribution in [0.25, 0.3) is 23.0 Å². The highest BCUT2D eigenvalue weighted by molar-refractivity contribution is 5.61. The quantitative estimate of drug-likeness (QED) is 0.0614. The number of nitrogens with zero attached hydrogens (tertiary/aromatic N) is 10. The summed E-state index contributed by atoms with van der Waals surface area (Å²) in [4.78, 5) is 38.5. The molecule has 6 aromatic rings. The van der Waals surface area contributed by atoms with Crippen LogP contribution in [-0.2, 0) is 17.1 Å². The lowest BCUT2D eigenvalue weighted by Crippen LogP contribution is -2.28. The zero-order valence-corrected chi connectivity index (χ0v) is 36.2. The van der Waals surface area contributed by atoms with Crippen molar-refractivity contribution >= 4 is 41.0 Å². The minimum atomic E-state index is -4.64. The fraction of sp³-hybridized carbons (Fsp3) is 0.350. The lowest BCUT2D eigenvalue weighted by Gasteiger charge is -2.21. The van der Waals surface area contributed by atoms with E-state index in [4.69, 9.17) is 10.5 Å². The van der Waals surface area contributed by atoms with Crippen LogP contribution in [0, 0.1) is 17.6 Å². The maximum atomic E-state index is 14.3. The van der Waals surface area contributed by atoms with E-state index in [-0.39, 0.29) is 64.5 Å². The van der Waals surface area contributed by atoms with Gasteiger partial charge in [-0.2, -0.15) is 60.6 Å². The SMILES string of the molecule is C1CCOC1.CC(C)(C)Nc1nc(Nc2ccnc(C(F)(F)F)c2)nc(-c2nc(F)ccc2F)n1.CC(C)(C)Nc1nc(Nc2ccnc(C(F)(F)F)c2)nc(-c2nc(N)ccc2F)n1.N. The van der Waals surface area contributed by atoms with E-state index in [1.807, 2.05) is 41.5 Å². The predicted molar refractivity (Wildman–Crippen MR) is 227 cm³/mol. The number of hydrogen-bond acceptors (Lipinski definition) is 17. The fourth-order valence-electron chi connectivity index (χ4n) is 5.14. The molecular formula is C40H45F9N16O. The van der Waals surface area contributed by atoms with Gasteiger partial charge in [0.2, 0.25) is 29.7 Å². The van der Waals surface area contributed by atoms with Crippen LogP contribution in [0.1, 0.15) is 65.8 Å². The van der Waals surface area contributed by atoms with Crippen LogP contribution in [0.4, 0.5) is 80.5 Å². The summed E-state index contributed by atoms with van der Waals surface area (Å²) in [5.74, 6) is -3.19. The number of nitrogens with two attached hydrogens (primary N) is 1. The number of nitrogen functional groups attached to an aromatic ring is 1. The van der Waals surface area contributed by atoms with Crippen molar-refractivity contribution in [3.8, 4) is 23.0 Å². The third kappa shape index (κ3) is 15.9. The maximum Gasteiger partial charge on any atom is 0.433 e. The van der Waals surface area contributed by atoms with Gasteiger partial charge in [-0.05, 0) is 103 Å². The molecule has 0 unspecified atom stereocenters. The van der Waals surface area contributed by atoms with Crippen molar-refractivity contribution in [3.05, 3.63) is 89.9 Å². The van der Waals surface area contributed by atoms with Gasteiger partial charge < -0.3 is 37.9 Å². The molecule has 354 valence electrons. The summed E-state index contributed by atoms with van der Waals surface area (Å²) in [7, 11) is 0. The Morgan fingerprint density at radius 1 is 0.530 bits per heavy atom. The second-order valence-corrected chi connectivity index (χ2v) is 15.8. The lowest BCUT2D eigenvalue weighted by molar-refractivity contribution is -0.141.